The molecule has 0 fully saturated rings. The molecule has 0 amide bonds. The van der Waals surface area contributed by atoms with Gasteiger partial charge in [0.2, 0.25) is 0 Å². The first-order valence-corrected chi connectivity index (χ1v) is 7.31. The van der Waals surface area contributed by atoms with Crippen LogP contribution in [0.15, 0.2) is 71.1 Å². The Morgan fingerprint density at radius 3 is 2.55 bits per heavy atom. The van der Waals surface area contributed by atoms with Crippen LogP contribution in [0.25, 0.3) is 23.2 Å². The number of benzene rings is 2. The minimum atomic E-state index is 0.688. The highest BCUT2D eigenvalue weighted by atomic mass is 35.5. The zero-order valence-electron chi connectivity index (χ0n) is 12.1. The van der Waals surface area contributed by atoms with Crippen molar-refractivity contribution in [1.82, 2.24) is 0 Å². The van der Waals surface area contributed by atoms with Crippen LogP contribution in [0.4, 0.5) is 0 Å². The van der Waals surface area contributed by atoms with Crippen LogP contribution in [0.3, 0.4) is 0 Å². The Morgan fingerprint density at radius 2 is 1.82 bits per heavy atom. The molecule has 0 aliphatic rings. The maximum atomic E-state index is 6.01. The van der Waals surface area contributed by atoms with Crippen molar-refractivity contribution < 1.29 is 9.15 Å². The SMILES string of the molecule is COC(=Cc1ccc(-c2cccc(Cl)c2)o1)c1ccccc1. The molecule has 0 atom stereocenters. The molecular formula is C19H15ClO2. The highest BCUT2D eigenvalue weighted by molar-refractivity contribution is 6.30. The Labute approximate surface area is 134 Å². The Balaban J connectivity index is 1.92. The molecule has 0 saturated heterocycles. The smallest absolute Gasteiger partial charge is 0.134 e. The Hall–Kier alpha value is -2.45. The van der Waals surface area contributed by atoms with Crippen LogP contribution in [0.2, 0.25) is 5.02 Å². The van der Waals surface area contributed by atoms with Gasteiger partial charge in [0.25, 0.3) is 0 Å². The van der Waals surface area contributed by atoms with Crippen molar-refractivity contribution >= 4 is 23.4 Å². The number of halogens is 1. The summed E-state index contributed by atoms with van der Waals surface area (Å²) in [4.78, 5) is 0. The fourth-order valence-electron chi connectivity index (χ4n) is 2.22. The molecule has 0 N–H and O–H groups in total. The first kappa shape index (κ1) is 14.5. The molecule has 0 saturated carbocycles. The summed E-state index contributed by atoms with van der Waals surface area (Å²) in [7, 11) is 1.65. The highest BCUT2D eigenvalue weighted by Gasteiger charge is 2.06. The van der Waals surface area contributed by atoms with Gasteiger partial charge in [-0.2, -0.15) is 0 Å². The van der Waals surface area contributed by atoms with Crippen molar-refractivity contribution in [2.24, 2.45) is 0 Å². The molecule has 0 aliphatic heterocycles. The van der Waals surface area contributed by atoms with Gasteiger partial charge in [0.15, 0.2) is 0 Å². The highest BCUT2D eigenvalue weighted by Crippen LogP contribution is 2.27. The topological polar surface area (TPSA) is 22.4 Å². The molecule has 2 aromatic carbocycles. The van der Waals surface area contributed by atoms with Crippen molar-refractivity contribution in [2.75, 3.05) is 7.11 Å². The summed E-state index contributed by atoms with van der Waals surface area (Å²) in [6.07, 6.45) is 1.88. The van der Waals surface area contributed by atoms with Gasteiger partial charge in [-0.25, -0.2) is 0 Å². The molecule has 0 radical (unpaired) electrons. The van der Waals surface area contributed by atoms with Crippen molar-refractivity contribution in [2.45, 2.75) is 0 Å². The Kier molecular flexibility index (Phi) is 4.31. The van der Waals surface area contributed by atoms with E-state index in [2.05, 4.69) is 0 Å². The van der Waals surface area contributed by atoms with Gasteiger partial charge in [0, 0.05) is 22.2 Å². The zero-order chi connectivity index (χ0) is 15.4. The maximum Gasteiger partial charge on any atom is 0.134 e. The quantitative estimate of drug-likeness (QED) is 0.573. The third-order valence-corrected chi connectivity index (χ3v) is 3.52. The van der Waals surface area contributed by atoms with Gasteiger partial charge in [0.05, 0.1) is 7.11 Å². The van der Waals surface area contributed by atoms with Crippen molar-refractivity contribution in [1.29, 1.82) is 0 Å². The molecule has 3 aromatic rings. The van der Waals surface area contributed by atoms with Crippen LogP contribution in [0, 0.1) is 0 Å². The molecule has 3 heteroatoms. The lowest BCUT2D eigenvalue weighted by molar-refractivity contribution is 0.372. The molecule has 0 spiro atoms. The minimum Gasteiger partial charge on any atom is -0.496 e. The van der Waals surface area contributed by atoms with Crippen LogP contribution in [0.5, 0.6) is 0 Å². The summed E-state index contributed by atoms with van der Waals surface area (Å²) in [5.41, 5.74) is 1.96. The molecule has 2 nitrogen and oxygen atoms in total. The van der Waals surface area contributed by atoms with Gasteiger partial charge in [0.1, 0.15) is 17.3 Å². The normalized spacial score (nSPS) is 11.5. The van der Waals surface area contributed by atoms with Gasteiger partial charge < -0.3 is 9.15 Å². The molecule has 22 heavy (non-hydrogen) atoms. The summed E-state index contributed by atoms with van der Waals surface area (Å²) >= 11 is 6.01. The summed E-state index contributed by atoms with van der Waals surface area (Å²) in [5.74, 6) is 2.26. The number of hydrogen-bond donors (Lipinski definition) is 0. The van der Waals surface area contributed by atoms with Crippen molar-refractivity contribution in [3.05, 3.63) is 83.1 Å². The first-order valence-electron chi connectivity index (χ1n) is 6.93. The van der Waals surface area contributed by atoms with Crippen LogP contribution >= 0.6 is 11.6 Å². The fourth-order valence-corrected chi connectivity index (χ4v) is 2.41. The van der Waals surface area contributed by atoms with E-state index < -0.39 is 0 Å². The molecule has 3 rings (SSSR count). The van der Waals surface area contributed by atoms with Crippen molar-refractivity contribution in [3.8, 4) is 11.3 Å². The summed E-state index contributed by atoms with van der Waals surface area (Å²) in [5, 5.41) is 0.688. The number of ether oxygens (including phenoxy) is 1. The van der Waals surface area contributed by atoms with Gasteiger partial charge in [-0.15, -0.1) is 0 Å². The number of hydrogen-bond acceptors (Lipinski definition) is 2. The lowest BCUT2D eigenvalue weighted by Gasteiger charge is -2.05. The first-order chi connectivity index (χ1) is 10.8. The van der Waals surface area contributed by atoms with Gasteiger partial charge >= 0.3 is 0 Å². The monoisotopic (exact) mass is 310 g/mol. The average molecular weight is 311 g/mol. The average Bonchev–Trinajstić information content (AvgIpc) is 3.02. The van der Waals surface area contributed by atoms with E-state index in [-0.39, 0.29) is 0 Å². The third-order valence-electron chi connectivity index (χ3n) is 3.29. The minimum absolute atomic E-state index is 0.688. The van der Waals surface area contributed by atoms with Gasteiger partial charge in [-0.1, -0.05) is 54.1 Å². The second-order valence-corrected chi connectivity index (χ2v) is 5.23. The third kappa shape index (κ3) is 3.23. The van der Waals surface area contributed by atoms with E-state index in [9.17, 15) is 0 Å². The Bertz CT molecular complexity index is 788. The summed E-state index contributed by atoms with van der Waals surface area (Å²) in [6.45, 7) is 0. The fraction of sp³-hybridized carbons (Fsp3) is 0.0526. The van der Waals surface area contributed by atoms with Crippen molar-refractivity contribution in [3.63, 3.8) is 0 Å². The number of methoxy groups -OCH3 is 1. The van der Waals surface area contributed by atoms with E-state index in [1.54, 1.807) is 7.11 Å². The van der Waals surface area contributed by atoms with E-state index in [1.807, 2.05) is 72.8 Å². The standard InChI is InChI=1S/C19H15ClO2/c1-21-19(14-6-3-2-4-7-14)13-17-10-11-18(22-17)15-8-5-9-16(20)12-15/h2-13H,1H3. The van der Waals surface area contributed by atoms with Crippen LogP contribution in [0.1, 0.15) is 11.3 Å². The van der Waals surface area contributed by atoms with Gasteiger partial charge in [-0.05, 0) is 24.3 Å². The maximum absolute atomic E-state index is 6.01. The predicted molar refractivity (Wildman–Crippen MR) is 90.5 cm³/mol. The lowest BCUT2D eigenvalue weighted by atomic mass is 10.1. The van der Waals surface area contributed by atoms with Crippen LogP contribution in [-0.2, 0) is 4.74 Å². The summed E-state index contributed by atoms with van der Waals surface area (Å²) < 4.78 is 11.3. The van der Waals surface area contributed by atoms with E-state index in [1.165, 1.54) is 0 Å². The summed E-state index contributed by atoms with van der Waals surface area (Å²) in [6, 6.07) is 21.3. The van der Waals surface area contributed by atoms with E-state index in [0.717, 1.165) is 28.4 Å². The van der Waals surface area contributed by atoms with E-state index >= 15 is 0 Å². The molecular weight excluding hydrogens is 296 g/mol. The molecule has 0 bridgehead atoms. The van der Waals surface area contributed by atoms with E-state index in [4.69, 9.17) is 20.8 Å². The second kappa shape index (κ2) is 6.54. The van der Waals surface area contributed by atoms with Crippen LogP contribution in [-0.4, -0.2) is 7.11 Å². The van der Waals surface area contributed by atoms with E-state index in [0.29, 0.717) is 5.02 Å². The number of furan rings is 1. The largest absolute Gasteiger partial charge is 0.496 e. The number of rotatable bonds is 4. The second-order valence-electron chi connectivity index (χ2n) is 4.79. The molecule has 0 aliphatic carbocycles. The van der Waals surface area contributed by atoms with Gasteiger partial charge in [-0.3, -0.25) is 0 Å². The zero-order valence-corrected chi connectivity index (χ0v) is 12.9. The lowest BCUT2D eigenvalue weighted by Crippen LogP contribution is -1.86. The molecule has 0 unspecified atom stereocenters. The Morgan fingerprint density at radius 1 is 1.00 bits per heavy atom. The predicted octanol–water partition coefficient (Wildman–Crippen LogP) is 5.74. The van der Waals surface area contributed by atoms with Crippen LogP contribution < -0.4 is 0 Å². The molecule has 110 valence electrons. The molecule has 1 heterocycles. The molecule has 1 aromatic heterocycles.